The lowest BCUT2D eigenvalue weighted by Gasteiger charge is -2.07. The van der Waals surface area contributed by atoms with Gasteiger partial charge in [-0.15, -0.1) is 0 Å². The second kappa shape index (κ2) is 4.53. The molecule has 0 N–H and O–H groups in total. The van der Waals surface area contributed by atoms with Crippen LogP contribution in [0.1, 0.15) is 11.3 Å². The largest absolute Gasteiger partial charge is 0.485 e. The molecule has 2 aromatic rings. The molecular weight excluding hydrogens is 256 g/mol. The van der Waals surface area contributed by atoms with Crippen LogP contribution < -0.4 is 4.74 Å². The number of ether oxygens (including phenoxy) is 1. The van der Waals surface area contributed by atoms with E-state index in [-0.39, 0.29) is 0 Å². The summed E-state index contributed by atoms with van der Waals surface area (Å²) in [6.45, 7) is 2.48. The zero-order valence-corrected chi connectivity index (χ0v) is 9.95. The summed E-state index contributed by atoms with van der Waals surface area (Å²) in [7, 11) is 0. The van der Waals surface area contributed by atoms with E-state index in [0.717, 1.165) is 21.5 Å². The van der Waals surface area contributed by atoms with E-state index in [1.165, 1.54) is 0 Å². The first-order chi connectivity index (χ1) is 7.25. The van der Waals surface area contributed by atoms with E-state index in [1.807, 2.05) is 37.3 Å². The standard InChI is InChI=1S/C12H11BrO2/c1-9-4-5-10(13)7-12(9)15-8-11-3-2-6-14-11/h2-7H,8H2,1H3. The number of furan rings is 1. The average Bonchev–Trinajstić information content (AvgIpc) is 2.72. The lowest BCUT2D eigenvalue weighted by molar-refractivity contribution is 0.268. The Morgan fingerprint density at radius 1 is 1.33 bits per heavy atom. The first-order valence-electron chi connectivity index (χ1n) is 4.67. The molecule has 1 aromatic carbocycles. The van der Waals surface area contributed by atoms with E-state index < -0.39 is 0 Å². The molecule has 0 aliphatic rings. The van der Waals surface area contributed by atoms with Crippen molar-refractivity contribution in [2.24, 2.45) is 0 Å². The molecule has 0 atom stereocenters. The van der Waals surface area contributed by atoms with Crippen molar-refractivity contribution in [2.75, 3.05) is 0 Å². The van der Waals surface area contributed by atoms with E-state index in [0.29, 0.717) is 6.61 Å². The van der Waals surface area contributed by atoms with Gasteiger partial charge in [-0.2, -0.15) is 0 Å². The summed E-state index contributed by atoms with van der Waals surface area (Å²) in [5.41, 5.74) is 1.12. The van der Waals surface area contributed by atoms with Crippen LogP contribution in [0.4, 0.5) is 0 Å². The van der Waals surface area contributed by atoms with Gasteiger partial charge >= 0.3 is 0 Å². The van der Waals surface area contributed by atoms with Crippen molar-refractivity contribution >= 4 is 15.9 Å². The van der Waals surface area contributed by atoms with E-state index in [4.69, 9.17) is 9.15 Å². The molecule has 0 aliphatic carbocycles. The Labute approximate surface area is 97.0 Å². The van der Waals surface area contributed by atoms with Gasteiger partial charge in [0.1, 0.15) is 18.1 Å². The van der Waals surface area contributed by atoms with Gasteiger partial charge in [-0.1, -0.05) is 22.0 Å². The Morgan fingerprint density at radius 3 is 2.93 bits per heavy atom. The molecule has 0 unspecified atom stereocenters. The molecular formula is C12H11BrO2. The lowest BCUT2D eigenvalue weighted by atomic mass is 10.2. The molecule has 0 spiro atoms. The van der Waals surface area contributed by atoms with E-state index in [2.05, 4.69) is 15.9 Å². The highest BCUT2D eigenvalue weighted by Gasteiger charge is 2.02. The second-order valence-electron chi connectivity index (χ2n) is 3.28. The van der Waals surface area contributed by atoms with Crippen molar-refractivity contribution in [3.63, 3.8) is 0 Å². The van der Waals surface area contributed by atoms with Crippen LogP contribution in [0.15, 0.2) is 45.5 Å². The molecule has 0 bridgehead atoms. The summed E-state index contributed by atoms with van der Waals surface area (Å²) in [5, 5.41) is 0. The monoisotopic (exact) mass is 266 g/mol. The fourth-order valence-electron chi connectivity index (χ4n) is 1.27. The Bertz CT molecular complexity index is 435. The minimum absolute atomic E-state index is 0.463. The van der Waals surface area contributed by atoms with Gasteiger partial charge in [0.2, 0.25) is 0 Å². The molecule has 0 saturated heterocycles. The first-order valence-corrected chi connectivity index (χ1v) is 5.46. The Morgan fingerprint density at radius 2 is 2.20 bits per heavy atom. The fraction of sp³-hybridized carbons (Fsp3) is 0.167. The van der Waals surface area contributed by atoms with Crippen LogP contribution in [-0.4, -0.2) is 0 Å². The maximum Gasteiger partial charge on any atom is 0.146 e. The third-order valence-corrected chi connectivity index (χ3v) is 2.59. The van der Waals surface area contributed by atoms with Crippen LogP contribution in [0.3, 0.4) is 0 Å². The Balaban J connectivity index is 2.07. The van der Waals surface area contributed by atoms with E-state index in [9.17, 15) is 0 Å². The zero-order valence-electron chi connectivity index (χ0n) is 8.37. The zero-order chi connectivity index (χ0) is 10.7. The summed E-state index contributed by atoms with van der Waals surface area (Å²) in [4.78, 5) is 0. The molecule has 15 heavy (non-hydrogen) atoms. The molecule has 0 fully saturated rings. The SMILES string of the molecule is Cc1ccc(Br)cc1OCc1ccco1. The predicted molar refractivity (Wildman–Crippen MR) is 61.9 cm³/mol. The van der Waals surface area contributed by atoms with Crippen LogP contribution in [0.5, 0.6) is 5.75 Å². The Hall–Kier alpha value is -1.22. The fourth-order valence-corrected chi connectivity index (χ4v) is 1.61. The van der Waals surface area contributed by atoms with Crippen LogP contribution in [0.25, 0.3) is 0 Å². The summed E-state index contributed by atoms with van der Waals surface area (Å²) < 4.78 is 11.8. The molecule has 0 saturated carbocycles. The van der Waals surface area contributed by atoms with E-state index >= 15 is 0 Å². The van der Waals surface area contributed by atoms with Crippen molar-refractivity contribution in [3.8, 4) is 5.75 Å². The summed E-state index contributed by atoms with van der Waals surface area (Å²) >= 11 is 3.41. The number of hydrogen-bond donors (Lipinski definition) is 0. The minimum atomic E-state index is 0.463. The number of benzene rings is 1. The highest BCUT2D eigenvalue weighted by Crippen LogP contribution is 2.23. The normalized spacial score (nSPS) is 10.3. The van der Waals surface area contributed by atoms with Crippen molar-refractivity contribution in [1.29, 1.82) is 0 Å². The lowest BCUT2D eigenvalue weighted by Crippen LogP contribution is -1.95. The third kappa shape index (κ3) is 2.63. The summed E-state index contributed by atoms with van der Waals surface area (Å²) in [6, 6.07) is 9.72. The smallest absolute Gasteiger partial charge is 0.146 e. The molecule has 78 valence electrons. The second-order valence-corrected chi connectivity index (χ2v) is 4.19. The molecule has 1 aromatic heterocycles. The first kappa shape index (κ1) is 10.3. The van der Waals surface area contributed by atoms with Gasteiger partial charge in [0.05, 0.1) is 6.26 Å². The van der Waals surface area contributed by atoms with Crippen LogP contribution in [-0.2, 0) is 6.61 Å². The van der Waals surface area contributed by atoms with Gasteiger partial charge in [-0.25, -0.2) is 0 Å². The van der Waals surface area contributed by atoms with Crippen molar-refractivity contribution in [1.82, 2.24) is 0 Å². The van der Waals surface area contributed by atoms with Crippen molar-refractivity contribution in [3.05, 3.63) is 52.4 Å². The average molecular weight is 267 g/mol. The van der Waals surface area contributed by atoms with Gasteiger partial charge in [0.25, 0.3) is 0 Å². The van der Waals surface area contributed by atoms with Gasteiger partial charge in [-0.3, -0.25) is 0 Å². The highest BCUT2D eigenvalue weighted by molar-refractivity contribution is 9.10. The summed E-state index contributed by atoms with van der Waals surface area (Å²) in [5.74, 6) is 1.70. The van der Waals surface area contributed by atoms with Gasteiger partial charge in [0, 0.05) is 4.47 Å². The third-order valence-electron chi connectivity index (χ3n) is 2.10. The molecule has 2 nitrogen and oxygen atoms in total. The number of hydrogen-bond acceptors (Lipinski definition) is 2. The maximum atomic E-state index is 5.64. The molecule has 0 radical (unpaired) electrons. The highest BCUT2D eigenvalue weighted by atomic mass is 79.9. The van der Waals surface area contributed by atoms with Crippen LogP contribution in [0.2, 0.25) is 0 Å². The molecule has 0 aliphatic heterocycles. The Kier molecular flexibility index (Phi) is 3.11. The topological polar surface area (TPSA) is 22.4 Å². The summed E-state index contributed by atoms with van der Waals surface area (Å²) in [6.07, 6.45) is 1.65. The molecule has 2 rings (SSSR count). The van der Waals surface area contributed by atoms with Crippen molar-refractivity contribution < 1.29 is 9.15 Å². The number of aryl methyl sites for hydroxylation is 1. The van der Waals surface area contributed by atoms with Crippen LogP contribution >= 0.6 is 15.9 Å². The molecule has 1 heterocycles. The number of rotatable bonds is 3. The van der Waals surface area contributed by atoms with Crippen molar-refractivity contribution in [2.45, 2.75) is 13.5 Å². The van der Waals surface area contributed by atoms with E-state index in [1.54, 1.807) is 6.26 Å². The number of halogens is 1. The quantitative estimate of drug-likeness (QED) is 0.840. The molecule has 3 heteroatoms. The minimum Gasteiger partial charge on any atom is -0.485 e. The van der Waals surface area contributed by atoms with Gasteiger partial charge in [-0.05, 0) is 36.8 Å². The van der Waals surface area contributed by atoms with Gasteiger partial charge < -0.3 is 9.15 Å². The van der Waals surface area contributed by atoms with Crippen LogP contribution in [0, 0.1) is 6.92 Å². The maximum absolute atomic E-state index is 5.64. The predicted octanol–water partition coefficient (Wildman–Crippen LogP) is 3.93. The van der Waals surface area contributed by atoms with Gasteiger partial charge in [0.15, 0.2) is 0 Å². The molecule has 0 amide bonds.